The molecule has 0 atom stereocenters. The van der Waals surface area contributed by atoms with E-state index in [4.69, 9.17) is 10.1 Å². The zero-order chi connectivity index (χ0) is 21.2. The Bertz CT molecular complexity index is 1240. The van der Waals surface area contributed by atoms with Crippen LogP contribution in [0.25, 0.3) is 16.8 Å². The zero-order valence-electron chi connectivity index (χ0n) is 16.7. The molecule has 1 aliphatic rings. The average Bonchev–Trinajstić information content (AvgIpc) is 3.58. The summed E-state index contributed by atoms with van der Waals surface area (Å²) in [6, 6.07) is 15.3. The van der Waals surface area contributed by atoms with Crippen molar-refractivity contribution in [1.82, 2.24) is 19.6 Å². The quantitative estimate of drug-likeness (QED) is 0.450. The smallest absolute Gasteiger partial charge is 0.249 e. The second-order valence-corrected chi connectivity index (χ2v) is 7.44. The van der Waals surface area contributed by atoms with Gasteiger partial charge in [0.15, 0.2) is 5.65 Å². The van der Waals surface area contributed by atoms with Crippen molar-refractivity contribution in [2.24, 2.45) is 5.92 Å². The molecular weight excluding hydrogens is 392 g/mol. The van der Waals surface area contributed by atoms with Crippen LogP contribution in [0.3, 0.4) is 0 Å². The minimum absolute atomic E-state index is 0.0124. The summed E-state index contributed by atoms with van der Waals surface area (Å²) in [6.07, 6.45) is 6.60. The van der Waals surface area contributed by atoms with Gasteiger partial charge in [-0.2, -0.15) is 4.98 Å². The lowest BCUT2D eigenvalue weighted by Crippen LogP contribution is -2.14. The molecule has 1 saturated carbocycles. The largest absolute Gasteiger partial charge is 0.489 e. The van der Waals surface area contributed by atoms with Crippen molar-refractivity contribution in [2.75, 3.05) is 5.32 Å². The first-order valence-electron chi connectivity index (χ1n) is 10.0. The number of ether oxygens (including phenoxy) is 1. The summed E-state index contributed by atoms with van der Waals surface area (Å²) < 4.78 is 7.52. The molecule has 31 heavy (non-hydrogen) atoms. The third-order valence-corrected chi connectivity index (χ3v) is 5.11. The Balaban J connectivity index is 1.32. The Hall–Kier alpha value is -4.07. The number of nitrogens with zero attached hydrogens (tertiary/aromatic N) is 4. The van der Waals surface area contributed by atoms with Crippen molar-refractivity contribution in [3.8, 4) is 16.9 Å². The number of rotatable bonds is 7. The topological polar surface area (TPSA) is 105 Å². The first-order chi connectivity index (χ1) is 15.2. The van der Waals surface area contributed by atoms with Crippen LogP contribution in [0, 0.1) is 11.3 Å². The van der Waals surface area contributed by atoms with Crippen LogP contribution in [-0.4, -0.2) is 31.7 Å². The number of carbonyl (C=O) groups is 1. The summed E-state index contributed by atoms with van der Waals surface area (Å²) in [5.74, 6) is 1.16. The molecule has 0 radical (unpaired) electrons. The minimum Gasteiger partial charge on any atom is -0.489 e. The molecule has 1 amide bonds. The van der Waals surface area contributed by atoms with Gasteiger partial charge in [-0.05, 0) is 48.7 Å². The van der Waals surface area contributed by atoms with Crippen LogP contribution in [-0.2, 0) is 11.4 Å². The fourth-order valence-corrected chi connectivity index (χ4v) is 3.25. The van der Waals surface area contributed by atoms with Crippen LogP contribution in [0.5, 0.6) is 5.75 Å². The van der Waals surface area contributed by atoms with Gasteiger partial charge < -0.3 is 10.1 Å². The van der Waals surface area contributed by atoms with E-state index in [0.29, 0.717) is 23.9 Å². The third-order valence-electron chi connectivity index (χ3n) is 5.11. The fourth-order valence-electron chi connectivity index (χ4n) is 3.25. The molecule has 2 N–H and O–H groups in total. The number of carbonyl (C=O) groups excluding carboxylic acids is 1. The number of amides is 1. The van der Waals surface area contributed by atoms with Gasteiger partial charge in [-0.15, -0.1) is 5.10 Å². The summed E-state index contributed by atoms with van der Waals surface area (Å²) in [6.45, 7) is 0.397. The highest BCUT2D eigenvalue weighted by Gasteiger charge is 2.30. The van der Waals surface area contributed by atoms with Crippen LogP contribution < -0.4 is 10.1 Å². The monoisotopic (exact) mass is 412 g/mol. The molecule has 0 saturated heterocycles. The summed E-state index contributed by atoms with van der Waals surface area (Å²) in [4.78, 5) is 20.7. The molecule has 154 valence electrons. The molecule has 0 spiro atoms. The Morgan fingerprint density at radius 2 is 2.03 bits per heavy atom. The number of nitrogens with one attached hydrogen (secondary N) is 2. The van der Waals surface area contributed by atoms with Gasteiger partial charge in [0.1, 0.15) is 12.4 Å². The van der Waals surface area contributed by atoms with Crippen molar-refractivity contribution in [3.05, 3.63) is 72.2 Å². The standard InChI is InChI=1S/C23H20N6O2/c24-12-18-8-3-15(13-25-18)14-31-19-9-6-16(7-10-19)20-2-1-11-29-21(20)26-23(28-29)27-22(30)17-4-5-17/h1-3,6-13,17,24H,4-5,14H2,(H,27,28,30). The molecule has 1 aliphatic carbocycles. The molecule has 3 heterocycles. The summed E-state index contributed by atoms with van der Waals surface area (Å²) in [5.41, 5.74) is 4.12. The molecule has 0 bridgehead atoms. The first kappa shape index (κ1) is 18.9. The van der Waals surface area contributed by atoms with E-state index in [1.165, 1.54) is 6.21 Å². The van der Waals surface area contributed by atoms with E-state index in [0.717, 1.165) is 35.3 Å². The first-order valence-corrected chi connectivity index (χ1v) is 10.0. The van der Waals surface area contributed by atoms with E-state index in [-0.39, 0.29) is 11.8 Å². The van der Waals surface area contributed by atoms with Gasteiger partial charge >= 0.3 is 0 Å². The number of benzene rings is 1. The number of pyridine rings is 2. The van der Waals surface area contributed by atoms with Gasteiger partial charge in [0.2, 0.25) is 11.9 Å². The van der Waals surface area contributed by atoms with Crippen molar-refractivity contribution < 1.29 is 9.53 Å². The van der Waals surface area contributed by atoms with Crippen LogP contribution in [0.4, 0.5) is 5.95 Å². The third kappa shape index (κ3) is 4.13. The maximum absolute atomic E-state index is 12.0. The molecule has 5 rings (SSSR count). The number of hydrogen-bond donors (Lipinski definition) is 2. The predicted molar refractivity (Wildman–Crippen MR) is 116 cm³/mol. The zero-order valence-corrected chi connectivity index (χ0v) is 16.7. The highest BCUT2D eigenvalue weighted by atomic mass is 16.5. The van der Waals surface area contributed by atoms with E-state index < -0.39 is 0 Å². The lowest BCUT2D eigenvalue weighted by atomic mass is 10.1. The molecular formula is C23H20N6O2. The molecule has 1 fully saturated rings. The van der Waals surface area contributed by atoms with E-state index in [1.807, 2.05) is 48.7 Å². The molecule has 0 unspecified atom stereocenters. The molecule has 4 aromatic rings. The van der Waals surface area contributed by atoms with Crippen molar-refractivity contribution in [2.45, 2.75) is 19.4 Å². The van der Waals surface area contributed by atoms with Gasteiger partial charge in [0.25, 0.3) is 0 Å². The Labute approximate surface area is 178 Å². The number of hydrogen-bond acceptors (Lipinski definition) is 6. The van der Waals surface area contributed by atoms with Gasteiger partial charge in [0, 0.05) is 35.7 Å². The minimum atomic E-state index is -0.0124. The van der Waals surface area contributed by atoms with E-state index in [9.17, 15) is 4.79 Å². The van der Waals surface area contributed by atoms with Crippen LogP contribution >= 0.6 is 0 Å². The molecule has 1 aromatic carbocycles. The molecule has 8 heteroatoms. The van der Waals surface area contributed by atoms with Crippen LogP contribution in [0.15, 0.2) is 60.9 Å². The summed E-state index contributed by atoms with van der Waals surface area (Å²) >= 11 is 0. The maximum atomic E-state index is 12.0. The van der Waals surface area contributed by atoms with E-state index in [2.05, 4.69) is 20.4 Å². The fraction of sp³-hybridized carbons (Fsp3) is 0.174. The summed E-state index contributed by atoms with van der Waals surface area (Å²) in [7, 11) is 0. The Morgan fingerprint density at radius 1 is 1.19 bits per heavy atom. The molecule has 0 aliphatic heterocycles. The normalized spacial score (nSPS) is 13.2. The number of anilines is 1. The Morgan fingerprint density at radius 3 is 2.74 bits per heavy atom. The second-order valence-electron chi connectivity index (χ2n) is 7.44. The maximum Gasteiger partial charge on any atom is 0.249 e. The van der Waals surface area contributed by atoms with Crippen molar-refractivity contribution >= 4 is 23.7 Å². The highest BCUT2D eigenvalue weighted by molar-refractivity contribution is 5.93. The Kier molecular flexibility index (Phi) is 4.87. The second kappa shape index (κ2) is 7.98. The summed E-state index contributed by atoms with van der Waals surface area (Å²) in [5, 5.41) is 14.4. The predicted octanol–water partition coefficient (Wildman–Crippen LogP) is 3.72. The van der Waals surface area contributed by atoms with Gasteiger partial charge in [0.05, 0.1) is 5.69 Å². The number of aromatic nitrogens is 4. The molecule has 3 aromatic heterocycles. The van der Waals surface area contributed by atoms with Crippen molar-refractivity contribution in [3.63, 3.8) is 0 Å². The van der Waals surface area contributed by atoms with Crippen LogP contribution in [0.1, 0.15) is 24.1 Å². The van der Waals surface area contributed by atoms with Crippen molar-refractivity contribution in [1.29, 1.82) is 5.41 Å². The SMILES string of the molecule is N=Cc1ccc(COc2ccc(-c3cccn4nc(NC(=O)C5CC5)nc34)cc2)cn1. The lowest BCUT2D eigenvalue weighted by molar-refractivity contribution is -0.117. The lowest BCUT2D eigenvalue weighted by Gasteiger charge is -2.08. The van der Waals surface area contributed by atoms with Gasteiger partial charge in [-0.3, -0.25) is 15.1 Å². The van der Waals surface area contributed by atoms with Crippen LogP contribution in [0.2, 0.25) is 0 Å². The highest BCUT2D eigenvalue weighted by Crippen LogP contribution is 2.30. The van der Waals surface area contributed by atoms with E-state index in [1.54, 1.807) is 16.8 Å². The van der Waals surface area contributed by atoms with Gasteiger partial charge in [-0.25, -0.2) is 4.52 Å². The van der Waals surface area contributed by atoms with Gasteiger partial charge in [-0.1, -0.05) is 18.2 Å². The van der Waals surface area contributed by atoms with E-state index >= 15 is 0 Å². The number of fused-ring (bicyclic) bond motifs is 1. The average molecular weight is 412 g/mol. The molecule has 8 nitrogen and oxygen atoms in total.